The highest BCUT2D eigenvalue weighted by molar-refractivity contribution is 7.93. The molecule has 158 valence electrons. The predicted octanol–water partition coefficient (Wildman–Crippen LogP) is 3.31. The van der Waals surface area contributed by atoms with Gasteiger partial charge in [-0.3, -0.25) is 4.72 Å². The van der Waals surface area contributed by atoms with Crippen molar-refractivity contribution in [1.82, 2.24) is 9.97 Å². The Labute approximate surface area is 176 Å². The van der Waals surface area contributed by atoms with Gasteiger partial charge in [-0.15, -0.1) is 0 Å². The van der Waals surface area contributed by atoms with Crippen LogP contribution in [0.3, 0.4) is 0 Å². The molecule has 0 bridgehead atoms. The number of sulfonamides is 2. The first-order valence-electron chi connectivity index (χ1n) is 9.01. The van der Waals surface area contributed by atoms with Crippen molar-refractivity contribution in [3.8, 4) is 0 Å². The summed E-state index contributed by atoms with van der Waals surface area (Å²) in [5.74, 6) is -0.0213. The Morgan fingerprint density at radius 3 is 1.73 bits per heavy atom. The van der Waals surface area contributed by atoms with Gasteiger partial charge in [0.25, 0.3) is 20.0 Å². The third kappa shape index (κ3) is 4.95. The van der Waals surface area contributed by atoms with E-state index in [1.165, 1.54) is 30.3 Å². The van der Waals surface area contributed by atoms with E-state index in [2.05, 4.69) is 19.4 Å². The van der Waals surface area contributed by atoms with E-state index in [9.17, 15) is 16.8 Å². The summed E-state index contributed by atoms with van der Waals surface area (Å²) in [5.41, 5.74) is 3.37. The topological polar surface area (TPSA) is 118 Å². The van der Waals surface area contributed by atoms with E-state index < -0.39 is 20.0 Å². The molecule has 30 heavy (non-hydrogen) atoms. The standard InChI is InChI=1S/C20H22N4O4S2/c1-13-5-8-19(11-14(13)2)30(27,28)23-17-6-9-18(10-7-17)29(25,26)24-20-21-15(3)12-16(4)22-20/h5-12,23H,1-4H3,(H,21,22,24). The van der Waals surface area contributed by atoms with Crippen LogP contribution >= 0.6 is 0 Å². The molecule has 3 rings (SSSR count). The lowest BCUT2D eigenvalue weighted by atomic mass is 10.1. The lowest BCUT2D eigenvalue weighted by Gasteiger charge is -2.11. The van der Waals surface area contributed by atoms with Crippen molar-refractivity contribution >= 4 is 31.7 Å². The average Bonchev–Trinajstić information content (AvgIpc) is 2.62. The summed E-state index contributed by atoms with van der Waals surface area (Å²) < 4.78 is 55.1. The molecule has 8 nitrogen and oxygen atoms in total. The molecule has 0 saturated carbocycles. The number of benzene rings is 2. The van der Waals surface area contributed by atoms with Gasteiger partial charge >= 0.3 is 0 Å². The number of aromatic nitrogens is 2. The van der Waals surface area contributed by atoms with Crippen molar-refractivity contribution in [3.05, 3.63) is 71.0 Å². The molecule has 0 aliphatic rings. The smallest absolute Gasteiger partial charge is 0.264 e. The number of anilines is 2. The van der Waals surface area contributed by atoms with Crippen LogP contribution in [0.25, 0.3) is 0 Å². The Morgan fingerprint density at radius 1 is 0.633 bits per heavy atom. The Kier molecular flexibility index (Phi) is 5.82. The molecule has 0 aliphatic carbocycles. The molecule has 10 heteroatoms. The predicted molar refractivity (Wildman–Crippen MR) is 115 cm³/mol. The highest BCUT2D eigenvalue weighted by atomic mass is 32.2. The normalized spacial score (nSPS) is 11.9. The molecule has 0 aliphatic heterocycles. The molecule has 0 amide bonds. The summed E-state index contributed by atoms with van der Waals surface area (Å²) in [4.78, 5) is 8.22. The van der Waals surface area contributed by atoms with Gasteiger partial charge in [0, 0.05) is 17.1 Å². The maximum absolute atomic E-state index is 12.6. The summed E-state index contributed by atoms with van der Waals surface area (Å²) in [6.07, 6.45) is 0. The molecule has 1 heterocycles. The highest BCUT2D eigenvalue weighted by Gasteiger charge is 2.18. The maximum Gasteiger partial charge on any atom is 0.264 e. The van der Waals surface area contributed by atoms with Gasteiger partial charge in [-0.25, -0.2) is 31.5 Å². The molecule has 2 N–H and O–H groups in total. The van der Waals surface area contributed by atoms with Crippen molar-refractivity contribution in [3.63, 3.8) is 0 Å². The largest absolute Gasteiger partial charge is 0.280 e. The fraction of sp³-hybridized carbons (Fsp3) is 0.200. The first-order chi connectivity index (χ1) is 14.0. The van der Waals surface area contributed by atoms with Crippen LogP contribution in [0.2, 0.25) is 0 Å². The quantitative estimate of drug-likeness (QED) is 0.600. The number of nitrogens with zero attached hydrogens (tertiary/aromatic N) is 2. The van der Waals surface area contributed by atoms with Crippen LogP contribution in [-0.4, -0.2) is 26.8 Å². The molecule has 2 aromatic carbocycles. The van der Waals surface area contributed by atoms with E-state index in [4.69, 9.17) is 0 Å². The van der Waals surface area contributed by atoms with E-state index in [-0.39, 0.29) is 21.4 Å². The van der Waals surface area contributed by atoms with Gasteiger partial charge in [-0.1, -0.05) is 6.07 Å². The second-order valence-electron chi connectivity index (χ2n) is 6.96. The summed E-state index contributed by atoms with van der Waals surface area (Å²) in [6, 6.07) is 12.0. The fourth-order valence-electron chi connectivity index (χ4n) is 2.75. The first-order valence-corrected chi connectivity index (χ1v) is 12.0. The Bertz CT molecular complexity index is 1280. The second-order valence-corrected chi connectivity index (χ2v) is 10.3. The summed E-state index contributed by atoms with van der Waals surface area (Å²) in [7, 11) is -7.72. The maximum atomic E-state index is 12.6. The summed E-state index contributed by atoms with van der Waals surface area (Å²) in [6.45, 7) is 7.21. The summed E-state index contributed by atoms with van der Waals surface area (Å²) in [5, 5.41) is 0. The minimum absolute atomic E-state index is 0.0213. The monoisotopic (exact) mass is 446 g/mol. The van der Waals surface area contributed by atoms with Crippen LogP contribution < -0.4 is 9.44 Å². The zero-order chi connectivity index (χ0) is 22.1. The third-order valence-corrected chi connectivity index (χ3v) is 7.14. The van der Waals surface area contributed by atoms with Crippen LogP contribution in [0, 0.1) is 27.7 Å². The number of aryl methyl sites for hydroxylation is 4. The lowest BCUT2D eigenvalue weighted by Crippen LogP contribution is -2.16. The van der Waals surface area contributed by atoms with Gasteiger partial charge in [0.1, 0.15) is 0 Å². The van der Waals surface area contributed by atoms with E-state index in [0.29, 0.717) is 11.4 Å². The minimum Gasteiger partial charge on any atom is -0.280 e. The van der Waals surface area contributed by atoms with Crippen molar-refractivity contribution in [2.75, 3.05) is 9.44 Å². The Morgan fingerprint density at radius 2 is 1.17 bits per heavy atom. The van der Waals surface area contributed by atoms with E-state index >= 15 is 0 Å². The van der Waals surface area contributed by atoms with Crippen LogP contribution in [0.5, 0.6) is 0 Å². The molecule has 0 fully saturated rings. The number of hydrogen-bond acceptors (Lipinski definition) is 6. The van der Waals surface area contributed by atoms with Crippen molar-refractivity contribution in [2.45, 2.75) is 37.5 Å². The van der Waals surface area contributed by atoms with Crippen molar-refractivity contribution in [2.24, 2.45) is 0 Å². The van der Waals surface area contributed by atoms with E-state index in [1.807, 2.05) is 13.8 Å². The molecule has 0 atom stereocenters. The van der Waals surface area contributed by atoms with Crippen molar-refractivity contribution in [1.29, 1.82) is 0 Å². The van der Waals surface area contributed by atoms with Gasteiger partial charge in [0.15, 0.2) is 0 Å². The van der Waals surface area contributed by atoms with Gasteiger partial charge in [0.05, 0.1) is 9.79 Å². The lowest BCUT2D eigenvalue weighted by molar-refractivity contribution is 0.599. The Balaban J connectivity index is 1.80. The third-order valence-electron chi connectivity index (χ3n) is 4.41. The molecule has 0 radical (unpaired) electrons. The number of nitrogens with one attached hydrogen (secondary N) is 2. The molecular formula is C20H22N4O4S2. The minimum atomic E-state index is -3.92. The number of rotatable bonds is 6. The van der Waals surface area contributed by atoms with Gasteiger partial charge in [-0.05, 0) is 81.3 Å². The fourth-order valence-corrected chi connectivity index (χ4v) is 4.84. The second kappa shape index (κ2) is 8.04. The van der Waals surface area contributed by atoms with Crippen LogP contribution in [0.1, 0.15) is 22.5 Å². The van der Waals surface area contributed by atoms with Gasteiger partial charge in [0.2, 0.25) is 5.95 Å². The molecule has 0 unspecified atom stereocenters. The SMILES string of the molecule is Cc1cc(C)nc(NS(=O)(=O)c2ccc(NS(=O)(=O)c3ccc(C)c(C)c3)cc2)n1. The van der Waals surface area contributed by atoms with Gasteiger partial charge < -0.3 is 0 Å². The average molecular weight is 447 g/mol. The molecule has 0 spiro atoms. The summed E-state index contributed by atoms with van der Waals surface area (Å²) >= 11 is 0. The van der Waals surface area contributed by atoms with Crippen LogP contribution in [0.15, 0.2) is 58.3 Å². The molecule has 1 aromatic heterocycles. The van der Waals surface area contributed by atoms with Crippen LogP contribution in [0.4, 0.5) is 11.6 Å². The van der Waals surface area contributed by atoms with Gasteiger partial charge in [-0.2, -0.15) is 0 Å². The Hall–Kier alpha value is -2.98. The van der Waals surface area contributed by atoms with Crippen LogP contribution in [-0.2, 0) is 20.0 Å². The van der Waals surface area contributed by atoms with Crippen molar-refractivity contribution < 1.29 is 16.8 Å². The number of hydrogen-bond donors (Lipinski definition) is 2. The zero-order valence-electron chi connectivity index (χ0n) is 17.0. The first kappa shape index (κ1) is 21.7. The molecule has 0 saturated heterocycles. The highest BCUT2D eigenvalue weighted by Crippen LogP contribution is 2.21. The van der Waals surface area contributed by atoms with E-state index in [0.717, 1.165) is 11.1 Å². The zero-order valence-corrected chi connectivity index (χ0v) is 18.6. The molecular weight excluding hydrogens is 424 g/mol. The van der Waals surface area contributed by atoms with E-state index in [1.54, 1.807) is 32.0 Å². The molecule has 3 aromatic rings.